The van der Waals surface area contributed by atoms with E-state index in [2.05, 4.69) is 5.16 Å². The second kappa shape index (κ2) is 5.74. The first-order chi connectivity index (χ1) is 11.3. The zero-order valence-electron chi connectivity index (χ0n) is 13.7. The number of aromatic nitrogens is 1. The smallest absolute Gasteiger partial charge is 0.276 e. The Hall–Kier alpha value is -2.70. The topological polar surface area (TPSA) is 66.7 Å². The lowest BCUT2D eigenvalue weighted by atomic mass is 9.97. The zero-order chi connectivity index (χ0) is 17.5. The fraction of sp³-hybridized carbons (Fsp3) is 0.353. The Morgan fingerprint density at radius 3 is 2.58 bits per heavy atom. The lowest BCUT2D eigenvalue weighted by molar-refractivity contribution is -0.144. The molecule has 0 N–H and O–H groups in total. The first-order valence-corrected chi connectivity index (χ1v) is 7.61. The standard InChI is InChI=1S/C17H18FN3O3/c1-17(2)16(23)20(3)8-9-21(17)15(22)13-10-14(24-19-13)11-4-6-12(18)7-5-11/h4-7,10H,8-9H2,1-3H3. The monoisotopic (exact) mass is 331 g/mol. The molecule has 1 aromatic heterocycles. The molecular weight excluding hydrogens is 313 g/mol. The maximum Gasteiger partial charge on any atom is 0.276 e. The van der Waals surface area contributed by atoms with E-state index in [-0.39, 0.29) is 23.3 Å². The van der Waals surface area contributed by atoms with Crippen molar-refractivity contribution < 1.29 is 18.5 Å². The Morgan fingerprint density at radius 1 is 1.25 bits per heavy atom. The Kier molecular flexibility index (Phi) is 3.87. The van der Waals surface area contributed by atoms with Crippen molar-refractivity contribution in [2.75, 3.05) is 20.1 Å². The number of hydrogen-bond acceptors (Lipinski definition) is 4. The molecule has 1 fully saturated rings. The van der Waals surface area contributed by atoms with Gasteiger partial charge >= 0.3 is 0 Å². The van der Waals surface area contributed by atoms with Gasteiger partial charge in [-0.2, -0.15) is 0 Å². The highest BCUT2D eigenvalue weighted by Crippen LogP contribution is 2.26. The number of amides is 2. The van der Waals surface area contributed by atoms with E-state index < -0.39 is 5.54 Å². The molecule has 2 aromatic rings. The summed E-state index contributed by atoms with van der Waals surface area (Å²) in [6.07, 6.45) is 0. The SMILES string of the molecule is CN1CCN(C(=O)c2cc(-c3ccc(F)cc3)on2)C(C)(C)C1=O. The van der Waals surface area contributed by atoms with E-state index in [0.29, 0.717) is 24.4 Å². The molecule has 1 aliphatic rings. The van der Waals surface area contributed by atoms with Crippen LogP contribution in [0.3, 0.4) is 0 Å². The van der Waals surface area contributed by atoms with Crippen LogP contribution in [0.1, 0.15) is 24.3 Å². The molecule has 3 rings (SSSR count). The molecule has 126 valence electrons. The summed E-state index contributed by atoms with van der Waals surface area (Å²) >= 11 is 0. The van der Waals surface area contributed by atoms with E-state index in [4.69, 9.17) is 4.52 Å². The predicted octanol–water partition coefficient (Wildman–Crippen LogP) is 2.17. The van der Waals surface area contributed by atoms with Crippen LogP contribution in [0.5, 0.6) is 0 Å². The van der Waals surface area contributed by atoms with Gasteiger partial charge in [0.2, 0.25) is 5.91 Å². The molecule has 6 nitrogen and oxygen atoms in total. The van der Waals surface area contributed by atoms with Crippen LogP contribution in [0, 0.1) is 5.82 Å². The van der Waals surface area contributed by atoms with Crippen molar-refractivity contribution in [1.29, 1.82) is 0 Å². The normalized spacial score (nSPS) is 17.2. The van der Waals surface area contributed by atoms with Crippen molar-refractivity contribution in [2.45, 2.75) is 19.4 Å². The summed E-state index contributed by atoms with van der Waals surface area (Å²) in [5, 5.41) is 3.81. The molecule has 0 atom stereocenters. The average molecular weight is 331 g/mol. The number of likely N-dealkylation sites (N-methyl/N-ethyl adjacent to an activating group) is 1. The molecule has 0 unspecified atom stereocenters. The summed E-state index contributed by atoms with van der Waals surface area (Å²) in [7, 11) is 1.72. The highest BCUT2D eigenvalue weighted by atomic mass is 19.1. The minimum Gasteiger partial charge on any atom is -0.355 e. The van der Waals surface area contributed by atoms with E-state index >= 15 is 0 Å². The molecule has 2 amide bonds. The lowest BCUT2D eigenvalue weighted by Gasteiger charge is -2.44. The van der Waals surface area contributed by atoms with Crippen LogP contribution < -0.4 is 0 Å². The van der Waals surface area contributed by atoms with Crippen molar-refractivity contribution in [3.05, 3.63) is 41.8 Å². The Bertz CT molecular complexity index is 783. The maximum atomic E-state index is 13.0. The first-order valence-electron chi connectivity index (χ1n) is 7.61. The van der Waals surface area contributed by atoms with Gasteiger partial charge in [-0.05, 0) is 38.1 Å². The summed E-state index contributed by atoms with van der Waals surface area (Å²) in [5.41, 5.74) is -0.199. The number of benzene rings is 1. The highest BCUT2D eigenvalue weighted by molar-refractivity contribution is 5.98. The molecule has 0 saturated carbocycles. The van der Waals surface area contributed by atoms with Gasteiger partial charge in [0.1, 0.15) is 11.4 Å². The number of nitrogens with zero attached hydrogens (tertiary/aromatic N) is 3. The van der Waals surface area contributed by atoms with Gasteiger partial charge in [-0.3, -0.25) is 9.59 Å². The van der Waals surface area contributed by atoms with E-state index in [1.807, 2.05) is 0 Å². The van der Waals surface area contributed by atoms with Crippen molar-refractivity contribution in [2.24, 2.45) is 0 Å². The second-order valence-electron chi connectivity index (χ2n) is 6.33. The second-order valence-corrected chi connectivity index (χ2v) is 6.33. The predicted molar refractivity (Wildman–Crippen MR) is 84.6 cm³/mol. The minimum atomic E-state index is -0.945. The minimum absolute atomic E-state index is 0.121. The average Bonchev–Trinajstić information content (AvgIpc) is 3.03. The van der Waals surface area contributed by atoms with Crippen molar-refractivity contribution in [3.8, 4) is 11.3 Å². The van der Waals surface area contributed by atoms with Crippen molar-refractivity contribution in [3.63, 3.8) is 0 Å². The molecule has 0 aliphatic carbocycles. The largest absolute Gasteiger partial charge is 0.355 e. The van der Waals surface area contributed by atoms with Crippen LogP contribution in [-0.2, 0) is 4.79 Å². The van der Waals surface area contributed by atoms with Crippen molar-refractivity contribution in [1.82, 2.24) is 15.0 Å². The van der Waals surface area contributed by atoms with E-state index in [9.17, 15) is 14.0 Å². The Balaban J connectivity index is 1.86. The maximum absolute atomic E-state index is 13.0. The van der Waals surface area contributed by atoms with Gasteiger partial charge in [-0.15, -0.1) is 0 Å². The van der Waals surface area contributed by atoms with E-state index in [1.165, 1.54) is 23.1 Å². The molecule has 0 bridgehead atoms. The van der Waals surface area contributed by atoms with Crippen LogP contribution in [-0.4, -0.2) is 52.4 Å². The quantitative estimate of drug-likeness (QED) is 0.846. The van der Waals surface area contributed by atoms with Crippen molar-refractivity contribution >= 4 is 11.8 Å². The molecule has 7 heteroatoms. The number of rotatable bonds is 2. The van der Waals surface area contributed by atoms with Crippen LogP contribution in [0.15, 0.2) is 34.9 Å². The van der Waals surface area contributed by atoms with Crippen LogP contribution in [0.2, 0.25) is 0 Å². The molecule has 0 spiro atoms. The number of piperazine rings is 1. The first kappa shape index (κ1) is 16.2. The summed E-state index contributed by atoms with van der Waals surface area (Å²) in [6, 6.07) is 7.22. The van der Waals surface area contributed by atoms with Crippen LogP contribution in [0.4, 0.5) is 4.39 Å². The number of halogens is 1. The third-order valence-corrected chi connectivity index (χ3v) is 4.31. The molecule has 1 saturated heterocycles. The number of carbonyl (C=O) groups is 2. The van der Waals surface area contributed by atoms with E-state index in [1.54, 1.807) is 37.9 Å². The van der Waals surface area contributed by atoms with E-state index in [0.717, 1.165) is 0 Å². The van der Waals surface area contributed by atoms with Gasteiger partial charge in [0.05, 0.1) is 0 Å². The number of hydrogen-bond donors (Lipinski definition) is 0. The van der Waals surface area contributed by atoms with Gasteiger partial charge in [0, 0.05) is 31.8 Å². The third-order valence-electron chi connectivity index (χ3n) is 4.31. The highest BCUT2D eigenvalue weighted by Gasteiger charge is 2.43. The summed E-state index contributed by atoms with van der Waals surface area (Å²) < 4.78 is 18.2. The summed E-state index contributed by atoms with van der Waals surface area (Å²) in [4.78, 5) is 28.2. The molecular formula is C17H18FN3O3. The van der Waals surface area contributed by atoms with Gasteiger partial charge in [0.25, 0.3) is 5.91 Å². The van der Waals surface area contributed by atoms with Crippen LogP contribution >= 0.6 is 0 Å². The Morgan fingerprint density at radius 2 is 1.92 bits per heavy atom. The fourth-order valence-electron chi connectivity index (χ4n) is 2.83. The third kappa shape index (κ3) is 2.66. The molecule has 1 aromatic carbocycles. The number of carbonyl (C=O) groups excluding carboxylic acids is 2. The van der Waals surface area contributed by atoms with Gasteiger partial charge in [-0.25, -0.2) is 4.39 Å². The van der Waals surface area contributed by atoms with Gasteiger partial charge < -0.3 is 14.3 Å². The lowest BCUT2D eigenvalue weighted by Crippen LogP contribution is -2.63. The molecule has 2 heterocycles. The molecule has 1 aliphatic heterocycles. The van der Waals surface area contributed by atoms with Crippen LogP contribution in [0.25, 0.3) is 11.3 Å². The Labute approximate surface area is 138 Å². The molecule has 0 radical (unpaired) electrons. The fourth-order valence-corrected chi connectivity index (χ4v) is 2.83. The van der Waals surface area contributed by atoms with Gasteiger partial charge in [0.15, 0.2) is 11.5 Å². The molecule has 24 heavy (non-hydrogen) atoms. The van der Waals surface area contributed by atoms with Gasteiger partial charge in [-0.1, -0.05) is 5.16 Å². The summed E-state index contributed by atoms with van der Waals surface area (Å²) in [6.45, 7) is 4.32. The summed E-state index contributed by atoms with van der Waals surface area (Å²) in [5.74, 6) is -0.466. The zero-order valence-corrected chi connectivity index (χ0v) is 13.7.